The van der Waals surface area contributed by atoms with Crippen LogP contribution in [0.15, 0.2) is 36.7 Å². The van der Waals surface area contributed by atoms with Crippen LogP contribution < -0.4 is 0 Å². The van der Waals surface area contributed by atoms with E-state index in [-0.39, 0.29) is 30.0 Å². The maximum atomic E-state index is 13.1. The monoisotopic (exact) mass is 301 g/mol. The Kier molecular flexibility index (Phi) is 3.85. The van der Waals surface area contributed by atoms with Gasteiger partial charge >= 0.3 is 0 Å². The summed E-state index contributed by atoms with van der Waals surface area (Å²) >= 11 is 0. The molecule has 0 radical (unpaired) electrons. The van der Waals surface area contributed by atoms with Gasteiger partial charge in [0.2, 0.25) is 0 Å². The third kappa shape index (κ3) is 2.82. The number of hydrogen-bond acceptors (Lipinski definition) is 4. The molecule has 2 atom stereocenters. The lowest BCUT2D eigenvalue weighted by atomic mass is 10.0. The molecule has 1 N–H and O–H groups in total. The molecular weight excluding hydrogens is 285 g/mol. The molecule has 22 heavy (non-hydrogen) atoms. The minimum atomic E-state index is -0.600. The zero-order valence-electron chi connectivity index (χ0n) is 12.1. The van der Waals surface area contributed by atoms with Crippen LogP contribution in [0.4, 0.5) is 4.39 Å². The van der Waals surface area contributed by atoms with Crippen LogP contribution in [-0.4, -0.2) is 38.5 Å². The van der Waals surface area contributed by atoms with Crippen LogP contribution >= 0.6 is 0 Å². The highest BCUT2D eigenvalue weighted by atomic mass is 19.1. The quantitative estimate of drug-likeness (QED) is 0.919. The molecule has 0 spiro atoms. The Morgan fingerprint density at radius 3 is 2.64 bits per heavy atom. The van der Waals surface area contributed by atoms with Crippen molar-refractivity contribution in [2.45, 2.75) is 25.5 Å². The van der Waals surface area contributed by atoms with Gasteiger partial charge in [0, 0.05) is 12.7 Å². The first-order chi connectivity index (χ1) is 10.5. The summed E-state index contributed by atoms with van der Waals surface area (Å²) in [6.45, 7) is 2.03. The van der Waals surface area contributed by atoms with Crippen LogP contribution in [0.5, 0.6) is 0 Å². The first kappa shape index (κ1) is 14.6. The second-order valence-electron chi connectivity index (χ2n) is 5.46. The van der Waals surface area contributed by atoms with Gasteiger partial charge in [-0.3, -0.25) is 9.78 Å². The van der Waals surface area contributed by atoms with Crippen LogP contribution in [0.3, 0.4) is 0 Å². The smallest absolute Gasteiger partial charge is 0.274 e. The van der Waals surface area contributed by atoms with Crippen molar-refractivity contribution in [3.8, 4) is 0 Å². The van der Waals surface area contributed by atoms with Crippen LogP contribution in [-0.2, 0) is 0 Å². The number of likely N-dealkylation sites (tertiary alicyclic amines) is 1. The summed E-state index contributed by atoms with van der Waals surface area (Å²) in [5, 5.41) is 9.92. The predicted molar refractivity (Wildman–Crippen MR) is 77.6 cm³/mol. The molecule has 0 aliphatic carbocycles. The average molecular weight is 301 g/mol. The van der Waals surface area contributed by atoms with E-state index in [9.17, 15) is 14.3 Å². The lowest BCUT2D eigenvalue weighted by Crippen LogP contribution is -2.32. The second kappa shape index (κ2) is 5.81. The molecule has 0 saturated carbocycles. The third-order valence-corrected chi connectivity index (χ3v) is 3.79. The number of carbonyl (C=O) groups is 1. The number of carbonyl (C=O) groups excluding carboxylic acids is 1. The molecule has 1 aliphatic rings. The van der Waals surface area contributed by atoms with Crippen molar-refractivity contribution < 1.29 is 14.3 Å². The fourth-order valence-electron chi connectivity index (χ4n) is 2.69. The fourth-order valence-corrected chi connectivity index (χ4v) is 2.69. The third-order valence-electron chi connectivity index (χ3n) is 3.79. The molecule has 6 heteroatoms. The minimum absolute atomic E-state index is 0.233. The van der Waals surface area contributed by atoms with E-state index in [2.05, 4.69) is 9.97 Å². The Balaban J connectivity index is 1.88. The van der Waals surface area contributed by atoms with Gasteiger partial charge < -0.3 is 10.0 Å². The molecule has 2 aromatic rings. The summed E-state index contributed by atoms with van der Waals surface area (Å²) in [6, 6.07) is 5.70. The van der Waals surface area contributed by atoms with Gasteiger partial charge in [-0.15, -0.1) is 0 Å². The van der Waals surface area contributed by atoms with Crippen LogP contribution in [0, 0.1) is 12.7 Å². The Labute approximate surface area is 127 Å². The van der Waals surface area contributed by atoms with Crippen molar-refractivity contribution in [2.75, 3.05) is 6.54 Å². The van der Waals surface area contributed by atoms with Crippen molar-refractivity contribution in [3.63, 3.8) is 0 Å². The molecule has 1 saturated heterocycles. The van der Waals surface area contributed by atoms with E-state index in [4.69, 9.17) is 0 Å². The van der Waals surface area contributed by atoms with Gasteiger partial charge in [0.15, 0.2) is 0 Å². The summed E-state index contributed by atoms with van der Waals surface area (Å²) in [5.74, 6) is -0.608. The summed E-state index contributed by atoms with van der Waals surface area (Å²) in [4.78, 5) is 22.3. The number of hydrogen-bond donors (Lipinski definition) is 1. The lowest BCUT2D eigenvalue weighted by Gasteiger charge is -2.24. The Bertz CT molecular complexity index is 673. The van der Waals surface area contributed by atoms with Gasteiger partial charge in [-0.1, -0.05) is 12.1 Å². The molecule has 2 heterocycles. The summed E-state index contributed by atoms with van der Waals surface area (Å²) in [7, 11) is 0. The number of aryl methyl sites for hydroxylation is 1. The number of halogens is 1. The first-order valence-corrected chi connectivity index (χ1v) is 7.08. The van der Waals surface area contributed by atoms with E-state index < -0.39 is 6.10 Å². The van der Waals surface area contributed by atoms with Crippen molar-refractivity contribution in [2.24, 2.45) is 0 Å². The van der Waals surface area contributed by atoms with Gasteiger partial charge in [0.25, 0.3) is 5.91 Å². The molecule has 1 aliphatic heterocycles. The molecule has 1 fully saturated rings. The number of benzene rings is 1. The van der Waals surface area contributed by atoms with Crippen LogP contribution in [0.1, 0.15) is 34.2 Å². The molecule has 114 valence electrons. The van der Waals surface area contributed by atoms with Gasteiger partial charge in [-0.25, -0.2) is 9.37 Å². The zero-order chi connectivity index (χ0) is 15.7. The standard InChI is InChI=1S/C16H16FN3O2/c1-10-7-19-14(8-18-10)16(22)20-9-13(21)6-15(20)11-2-4-12(17)5-3-11/h2-5,7-8,13,15,21H,6,9H2,1H3/t13-,15+/m1/s1. The van der Waals surface area contributed by atoms with Crippen molar-refractivity contribution in [1.29, 1.82) is 0 Å². The summed E-state index contributed by atoms with van der Waals surface area (Å²) < 4.78 is 13.1. The maximum absolute atomic E-state index is 13.1. The van der Waals surface area contributed by atoms with Gasteiger partial charge in [-0.2, -0.15) is 0 Å². The van der Waals surface area contributed by atoms with Gasteiger partial charge in [-0.05, 0) is 31.0 Å². The topological polar surface area (TPSA) is 66.3 Å². The Hall–Kier alpha value is -2.34. The fraction of sp³-hybridized carbons (Fsp3) is 0.312. The van der Waals surface area contributed by atoms with E-state index in [1.165, 1.54) is 24.5 Å². The van der Waals surface area contributed by atoms with E-state index in [1.807, 2.05) is 0 Å². The second-order valence-corrected chi connectivity index (χ2v) is 5.46. The number of nitrogens with zero attached hydrogens (tertiary/aromatic N) is 3. The summed E-state index contributed by atoms with van der Waals surface area (Å²) in [5.41, 5.74) is 1.77. The number of aromatic nitrogens is 2. The number of β-amino-alcohol motifs (C(OH)–C–C–N with tert-alkyl or cyclic N) is 1. The van der Waals surface area contributed by atoms with E-state index >= 15 is 0 Å². The van der Waals surface area contributed by atoms with E-state index in [0.717, 1.165) is 11.3 Å². The molecule has 3 rings (SSSR count). The highest BCUT2D eigenvalue weighted by Gasteiger charge is 2.36. The summed E-state index contributed by atoms with van der Waals surface area (Å²) in [6.07, 6.45) is 2.80. The lowest BCUT2D eigenvalue weighted by molar-refractivity contribution is 0.0709. The first-order valence-electron chi connectivity index (χ1n) is 7.08. The van der Waals surface area contributed by atoms with Crippen molar-refractivity contribution in [1.82, 2.24) is 14.9 Å². The molecule has 1 amide bonds. The maximum Gasteiger partial charge on any atom is 0.274 e. The van der Waals surface area contributed by atoms with Crippen molar-refractivity contribution in [3.05, 3.63) is 59.4 Å². The molecule has 1 aromatic heterocycles. The average Bonchev–Trinajstić information content (AvgIpc) is 2.90. The SMILES string of the molecule is Cc1cnc(C(=O)N2C[C@H](O)C[C@H]2c2ccc(F)cc2)cn1. The van der Waals surface area contributed by atoms with Crippen molar-refractivity contribution >= 4 is 5.91 Å². The molecular formula is C16H16FN3O2. The minimum Gasteiger partial charge on any atom is -0.391 e. The van der Waals surface area contributed by atoms with Crippen LogP contribution in [0.2, 0.25) is 0 Å². The Morgan fingerprint density at radius 2 is 2.00 bits per heavy atom. The molecule has 5 nitrogen and oxygen atoms in total. The van der Waals surface area contributed by atoms with Gasteiger partial charge in [0.1, 0.15) is 11.5 Å². The molecule has 0 bridgehead atoms. The largest absolute Gasteiger partial charge is 0.391 e. The van der Waals surface area contributed by atoms with Gasteiger partial charge in [0.05, 0.1) is 24.0 Å². The molecule has 1 aromatic carbocycles. The number of aliphatic hydroxyl groups is 1. The predicted octanol–water partition coefficient (Wildman–Crippen LogP) is 1.87. The van der Waals surface area contributed by atoms with Crippen LogP contribution in [0.25, 0.3) is 0 Å². The van der Waals surface area contributed by atoms with E-state index in [1.54, 1.807) is 24.0 Å². The number of rotatable bonds is 2. The number of amides is 1. The highest BCUT2D eigenvalue weighted by Crippen LogP contribution is 2.33. The Morgan fingerprint density at radius 1 is 1.27 bits per heavy atom. The molecule has 0 unspecified atom stereocenters. The van der Waals surface area contributed by atoms with E-state index in [0.29, 0.717) is 6.42 Å². The highest BCUT2D eigenvalue weighted by molar-refractivity contribution is 5.92. The zero-order valence-corrected chi connectivity index (χ0v) is 12.1. The normalized spacial score (nSPS) is 21.1. The number of aliphatic hydroxyl groups excluding tert-OH is 1.